The Morgan fingerprint density at radius 1 is 1.28 bits per heavy atom. The summed E-state index contributed by atoms with van der Waals surface area (Å²) < 4.78 is 4.93. The summed E-state index contributed by atoms with van der Waals surface area (Å²) in [5, 5.41) is 6.35. The van der Waals surface area contributed by atoms with Crippen molar-refractivity contribution < 1.29 is 9.32 Å². The number of rotatable bonds is 3. The second-order valence-corrected chi connectivity index (χ2v) is 4.23. The van der Waals surface area contributed by atoms with Crippen molar-refractivity contribution in [1.29, 1.82) is 0 Å². The van der Waals surface area contributed by atoms with Gasteiger partial charge in [-0.15, -0.1) is 0 Å². The molecule has 0 spiro atoms. The topological polar surface area (TPSA) is 58.4 Å². The molecule has 1 aromatic carbocycles. The number of aryl methyl sites for hydroxylation is 1. The highest BCUT2D eigenvalue weighted by molar-refractivity contribution is 6.03. The predicted molar refractivity (Wildman–Crippen MR) is 70.0 cm³/mol. The lowest BCUT2D eigenvalue weighted by molar-refractivity contribution is 0.102. The van der Waals surface area contributed by atoms with Crippen LogP contribution >= 0.6 is 0 Å². The Morgan fingerprint density at radius 3 is 2.44 bits per heavy atom. The third kappa shape index (κ3) is 2.68. The van der Waals surface area contributed by atoms with E-state index < -0.39 is 0 Å². The molecule has 18 heavy (non-hydrogen) atoms. The van der Waals surface area contributed by atoms with Gasteiger partial charge >= 0.3 is 0 Å². The van der Waals surface area contributed by atoms with Crippen LogP contribution in [-0.4, -0.2) is 25.2 Å². The summed E-state index contributed by atoms with van der Waals surface area (Å²) in [5.41, 5.74) is 2.35. The van der Waals surface area contributed by atoms with Gasteiger partial charge in [0, 0.05) is 31.4 Å². The van der Waals surface area contributed by atoms with Gasteiger partial charge in [0.25, 0.3) is 5.91 Å². The largest absolute Gasteiger partial charge is 0.378 e. The van der Waals surface area contributed by atoms with Crippen LogP contribution in [0.5, 0.6) is 0 Å². The van der Waals surface area contributed by atoms with E-state index in [2.05, 4.69) is 10.5 Å². The van der Waals surface area contributed by atoms with Gasteiger partial charge in [-0.25, -0.2) is 0 Å². The quantitative estimate of drug-likeness (QED) is 0.901. The summed E-state index contributed by atoms with van der Waals surface area (Å²) in [6, 6.07) is 9.00. The zero-order valence-electron chi connectivity index (χ0n) is 10.6. The standard InChI is InChI=1S/C13H15N3O2/c1-9-8-12(18-15-9)14-13(17)10-4-6-11(7-5-10)16(2)3/h4-8H,1-3H3,(H,14,17). The van der Waals surface area contributed by atoms with Crippen LogP contribution in [0.2, 0.25) is 0 Å². The molecule has 5 heteroatoms. The van der Waals surface area contributed by atoms with Crippen LogP contribution < -0.4 is 10.2 Å². The first-order valence-electron chi connectivity index (χ1n) is 5.58. The minimum absolute atomic E-state index is 0.212. The van der Waals surface area contributed by atoms with Crippen molar-refractivity contribution in [3.8, 4) is 0 Å². The molecule has 1 N–H and O–H groups in total. The highest BCUT2D eigenvalue weighted by atomic mass is 16.5. The number of aromatic nitrogens is 1. The normalized spacial score (nSPS) is 10.2. The Labute approximate surface area is 105 Å². The van der Waals surface area contributed by atoms with Crippen molar-refractivity contribution >= 4 is 17.5 Å². The van der Waals surface area contributed by atoms with Gasteiger partial charge in [-0.05, 0) is 31.2 Å². The number of carbonyl (C=O) groups excluding carboxylic acids is 1. The van der Waals surface area contributed by atoms with Crippen molar-refractivity contribution in [1.82, 2.24) is 5.16 Å². The lowest BCUT2D eigenvalue weighted by Crippen LogP contribution is -2.12. The molecule has 2 rings (SSSR count). The van der Waals surface area contributed by atoms with E-state index >= 15 is 0 Å². The molecule has 0 saturated heterocycles. The van der Waals surface area contributed by atoms with E-state index in [1.165, 1.54) is 0 Å². The average molecular weight is 245 g/mol. The molecule has 0 aliphatic carbocycles. The Kier molecular flexibility index (Phi) is 3.32. The van der Waals surface area contributed by atoms with Crippen molar-refractivity contribution in [3.63, 3.8) is 0 Å². The van der Waals surface area contributed by atoms with Crippen molar-refractivity contribution in [2.45, 2.75) is 6.92 Å². The van der Waals surface area contributed by atoms with Gasteiger partial charge < -0.3 is 9.42 Å². The van der Waals surface area contributed by atoms with Gasteiger partial charge in [-0.3, -0.25) is 10.1 Å². The van der Waals surface area contributed by atoms with Crippen LogP contribution in [0.4, 0.5) is 11.6 Å². The zero-order chi connectivity index (χ0) is 13.1. The molecule has 0 fully saturated rings. The molecule has 0 bridgehead atoms. The number of amides is 1. The van der Waals surface area contributed by atoms with Gasteiger partial charge in [0.15, 0.2) is 0 Å². The summed E-state index contributed by atoms with van der Waals surface area (Å²) in [4.78, 5) is 13.9. The van der Waals surface area contributed by atoms with Crippen molar-refractivity contribution in [3.05, 3.63) is 41.6 Å². The molecule has 94 valence electrons. The number of anilines is 2. The molecule has 0 unspecified atom stereocenters. The number of benzene rings is 1. The second-order valence-electron chi connectivity index (χ2n) is 4.23. The minimum atomic E-state index is -0.212. The number of nitrogens with zero attached hydrogens (tertiary/aromatic N) is 2. The second kappa shape index (κ2) is 4.91. The first-order chi connectivity index (χ1) is 8.56. The van der Waals surface area contributed by atoms with E-state index in [4.69, 9.17) is 4.52 Å². The fourth-order valence-corrected chi connectivity index (χ4v) is 1.52. The lowest BCUT2D eigenvalue weighted by atomic mass is 10.2. The molecule has 0 saturated carbocycles. The van der Waals surface area contributed by atoms with Gasteiger partial charge in [0.1, 0.15) is 0 Å². The summed E-state index contributed by atoms with van der Waals surface area (Å²) >= 11 is 0. The molecule has 1 heterocycles. The number of hydrogen-bond acceptors (Lipinski definition) is 4. The van der Waals surface area contributed by atoms with Crippen LogP contribution in [0.25, 0.3) is 0 Å². The molecule has 1 amide bonds. The highest BCUT2D eigenvalue weighted by Crippen LogP contribution is 2.14. The zero-order valence-corrected chi connectivity index (χ0v) is 10.6. The molecule has 0 aliphatic rings. The van der Waals surface area contributed by atoms with Crippen molar-refractivity contribution in [2.24, 2.45) is 0 Å². The van der Waals surface area contributed by atoms with E-state index in [9.17, 15) is 4.79 Å². The highest BCUT2D eigenvalue weighted by Gasteiger charge is 2.09. The Hall–Kier alpha value is -2.30. The van der Waals surface area contributed by atoms with Crippen LogP contribution in [-0.2, 0) is 0 Å². The minimum Gasteiger partial charge on any atom is -0.378 e. The fraction of sp³-hybridized carbons (Fsp3) is 0.231. The Morgan fingerprint density at radius 2 is 1.94 bits per heavy atom. The van der Waals surface area contributed by atoms with Crippen molar-refractivity contribution in [2.75, 3.05) is 24.3 Å². The molecular formula is C13H15N3O2. The predicted octanol–water partition coefficient (Wildman–Crippen LogP) is 2.30. The van der Waals surface area contributed by atoms with Crippen LogP contribution in [0.3, 0.4) is 0 Å². The maximum atomic E-state index is 11.9. The summed E-state index contributed by atoms with van der Waals surface area (Å²) in [5.74, 6) is 0.144. The van der Waals surface area contributed by atoms with Gasteiger partial charge in [-0.2, -0.15) is 0 Å². The average Bonchev–Trinajstić information content (AvgIpc) is 2.75. The van der Waals surface area contributed by atoms with Crippen LogP contribution in [0.1, 0.15) is 16.1 Å². The van der Waals surface area contributed by atoms with Gasteiger partial charge in [0.05, 0.1) is 5.69 Å². The molecule has 0 radical (unpaired) electrons. The number of nitrogens with one attached hydrogen (secondary N) is 1. The SMILES string of the molecule is Cc1cc(NC(=O)c2ccc(N(C)C)cc2)on1. The van der Waals surface area contributed by atoms with E-state index in [1.807, 2.05) is 31.1 Å². The Bertz CT molecular complexity index is 544. The molecule has 1 aromatic heterocycles. The molecule has 2 aromatic rings. The van der Waals surface area contributed by atoms with E-state index in [0.717, 1.165) is 11.4 Å². The summed E-state index contributed by atoms with van der Waals surface area (Å²) in [6.07, 6.45) is 0. The third-order valence-corrected chi connectivity index (χ3v) is 2.51. The first kappa shape index (κ1) is 12.2. The molecular weight excluding hydrogens is 230 g/mol. The van der Waals surface area contributed by atoms with E-state index in [-0.39, 0.29) is 5.91 Å². The lowest BCUT2D eigenvalue weighted by Gasteiger charge is -2.12. The third-order valence-electron chi connectivity index (χ3n) is 2.51. The van der Waals surface area contributed by atoms with E-state index in [0.29, 0.717) is 11.4 Å². The van der Waals surface area contributed by atoms with Gasteiger partial charge in [-0.1, -0.05) is 5.16 Å². The molecule has 0 atom stereocenters. The molecule has 5 nitrogen and oxygen atoms in total. The maximum Gasteiger partial charge on any atom is 0.258 e. The molecule has 0 aliphatic heterocycles. The fourth-order valence-electron chi connectivity index (χ4n) is 1.52. The van der Waals surface area contributed by atoms with Crippen LogP contribution in [0, 0.1) is 6.92 Å². The Balaban J connectivity index is 2.09. The van der Waals surface area contributed by atoms with E-state index in [1.54, 1.807) is 25.1 Å². The van der Waals surface area contributed by atoms with Crippen LogP contribution in [0.15, 0.2) is 34.9 Å². The smallest absolute Gasteiger partial charge is 0.258 e. The van der Waals surface area contributed by atoms with Gasteiger partial charge in [0.2, 0.25) is 5.88 Å². The summed E-state index contributed by atoms with van der Waals surface area (Å²) in [7, 11) is 3.90. The monoisotopic (exact) mass is 245 g/mol. The number of hydrogen-bond donors (Lipinski definition) is 1. The maximum absolute atomic E-state index is 11.9. The first-order valence-corrected chi connectivity index (χ1v) is 5.58. The summed E-state index contributed by atoms with van der Waals surface area (Å²) in [6.45, 7) is 1.80. The number of carbonyl (C=O) groups is 1.